The van der Waals surface area contributed by atoms with Crippen LogP contribution in [-0.4, -0.2) is 35.9 Å². The molecule has 0 aromatic heterocycles. The molecule has 2 aromatic carbocycles. The minimum Gasteiger partial charge on any atom is -0.399 e. The van der Waals surface area contributed by atoms with Gasteiger partial charge in [0.05, 0.1) is 12.8 Å². The second-order valence-electron chi connectivity index (χ2n) is 5.67. The third-order valence-corrected chi connectivity index (χ3v) is 3.84. The summed E-state index contributed by atoms with van der Waals surface area (Å²) in [7, 11) is 3.17. The Bertz CT molecular complexity index is 657. The fourth-order valence-corrected chi connectivity index (χ4v) is 2.18. The monoisotopic (exact) mass is 398 g/mol. The van der Waals surface area contributed by atoms with E-state index in [-0.39, 0.29) is 49.5 Å². The number of nitrogens with two attached hydrogens (primary N) is 2. The van der Waals surface area contributed by atoms with Crippen LogP contribution in [0.2, 0.25) is 0 Å². The predicted molar refractivity (Wildman–Crippen MR) is 109 cm³/mol. The number of hydrazine groups is 1. The third kappa shape index (κ3) is 6.46. The summed E-state index contributed by atoms with van der Waals surface area (Å²) >= 11 is 0. The van der Waals surface area contributed by atoms with Crippen LogP contribution in [0.15, 0.2) is 48.5 Å². The molecule has 0 aliphatic rings. The van der Waals surface area contributed by atoms with Crippen molar-refractivity contribution < 1.29 is 9.59 Å². The number of anilines is 2. The van der Waals surface area contributed by atoms with Gasteiger partial charge in [-0.3, -0.25) is 19.6 Å². The average molecular weight is 399 g/mol. The molecule has 0 heterocycles. The average Bonchev–Trinajstić information content (AvgIpc) is 2.57. The van der Waals surface area contributed by atoms with E-state index in [1.807, 2.05) is 0 Å². The number of nitrogen functional groups attached to an aromatic ring is 2. The molecule has 8 heteroatoms. The number of likely N-dealkylation sites (N-methyl/N-ethyl adjacent to an activating group) is 2. The van der Waals surface area contributed by atoms with Gasteiger partial charge in [0.2, 0.25) is 11.8 Å². The predicted octanol–water partition coefficient (Wildman–Crippen LogP) is 2.31. The van der Waals surface area contributed by atoms with E-state index in [1.165, 1.54) is 10.0 Å². The molecule has 0 saturated heterocycles. The summed E-state index contributed by atoms with van der Waals surface area (Å²) in [6.45, 7) is 0. The maximum absolute atomic E-state index is 12.3. The van der Waals surface area contributed by atoms with Crippen LogP contribution >= 0.6 is 24.8 Å². The molecule has 2 aromatic rings. The van der Waals surface area contributed by atoms with Gasteiger partial charge in [-0.1, -0.05) is 24.3 Å². The summed E-state index contributed by atoms with van der Waals surface area (Å²) in [5.41, 5.74) is 14.3. The van der Waals surface area contributed by atoms with Crippen LogP contribution < -0.4 is 11.5 Å². The van der Waals surface area contributed by atoms with Crippen molar-refractivity contribution in [3.63, 3.8) is 0 Å². The molecule has 0 aliphatic heterocycles. The third-order valence-electron chi connectivity index (χ3n) is 3.84. The van der Waals surface area contributed by atoms with E-state index in [4.69, 9.17) is 11.5 Å². The van der Waals surface area contributed by atoms with Crippen LogP contribution in [0.5, 0.6) is 0 Å². The Balaban J connectivity index is 0.00000312. The van der Waals surface area contributed by atoms with Crippen molar-refractivity contribution in [3.05, 3.63) is 59.7 Å². The number of hydrogen-bond donors (Lipinski definition) is 2. The molecule has 142 valence electrons. The highest BCUT2D eigenvalue weighted by atomic mass is 35.5. The van der Waals surface area contributed by atoms with E-state index in [0.29, 0.717) is 11.4 Å². The van der Waals surface area contributed by atoms with Crippen LogP contribution in [0, 0.1) is 0 Å². The van der Waals surface area contributed by atoms with Gasteiger partial charge in [0.1, 0.15) is 0 Å². The Morgan fingerprint density at radius 3 is 1.23 bits per heavy atom. The standard InChI is InChI=1S/C18H22N4O2.2ClH/c1-21(17(23)11-13-3-7-15(19)8-4-13)22(2)18(24)12-14-5-9-16(20)10-6-14;;/h3-10H,11-12,19-20H2,1-2H3;2*1H. The number of benzene rings is 2. The quantitative estimate of drug-likeness (QED) is 0.610. The molecule has 4 N–H and O–H groups in total. The van der Waals surface area contributed by atoms with Crippen LogP contribution in [0.4, 0.5) is 11.4 Å². The summed E-state index contributed by atoms with van der Waals surface area (Å²) in [5, 5.41) is 2.66. The molecule has 0 saturated carbocycles. The second-order valence-corrected chi connectivity index (χ2v) is 5.67. The first-order valence-corrected chi connectivity index (χ1v) is 7.58. The van der Waals surface area contributed by atoms with E-state index in [1.54, 1.807) is 62.6 Å². The van der Waals surface area contributed by atoms with Gasteiger partial charge in [-0.25, -0.2) is 0 Å². The molecule has 0 radical (unpaired) electrons. The molecule has 0 bridgehead atoms. The minimum absolute atomic E-state index is 0. The van der Waals surface area contributed by atoms with Gasteiger partial charge in [0, 0.05) is 25.5 Å². The van der Waals surface area contributed by atoms with Crippen molar-refractivity contribution in [3.8, 4) is 0 Å². The lowest BCUT2D eigenvalue weighted by molar-refractivity contribution is -0.157. The van der Waals surface area contributed by atoms with Crippen molar-refractivity contribution in [2.75, 3.05) is 25.6 Å². The SMILES string of the molecule is CN(C(=O)Cc1ccc(N)cc1)N(C)C(=O)Cc1ccc(N)cc1.Cl.Cl. The van der Waals surface area contributed by atoms with Crippen molar-refractivity contribution in [2.45, 2.75) is 12.8 Å². The number of halogens is 2. The van der Waals surface area contributed by atoms with Gasteiger partial charge in [-0.2, -0.15) is 0 Å². The number of rotatable bonds is 4. The molecule has 0 spiro atoms. The van der Waals surface area contributed by atoms with Crippen molar-refractivity contribution in [1.82, 2.24) is 10.0 Å². The highest BCUT2D eigenvalue weighted by molar-refractivity contribution is 5.86. The Morgan fingerprint density at radius 1 is 0.692 bits per heavy atom. The van der Waals surface area contributed by atoms with Crippen molar-refractivity contribution in [2.24, 2.45) is 0 Å². The molecule has 0 aliphatic carbocycles. The summed E-state index contributed by atoms with van der Waals surface area (Å²) in [6.07, 6.45) is 0.409. The molecular formula is C18H24Cl2N4O2. The topological polar surface area (TPSA) is 92.7 Å². The lowest BCUT2D eigenvalue weighted by Gasteiger charge is -2.28. The highest BCUT2D eigenvalue weighted by Gasteiger charge is 2.19. The maximum atomic E-state index is 12.3. The fraction of sp³-hybridized carbons (Fsp3) is 0.222. The molecule has 2 rings (SSSR count). The first kappa shape index (κ1) is 23.6. The highest BCUT2D eigenvalue weighted by Crippen LogP contribution is 2.10. The lowest BCUT2D eigenvalue weighted by atomic mass is 10.1. The van der Waals surface area contributed by atoms with E-state index < -0.39 is 0 Å². The molecule has 0 atom stereocenters. The lowest BCUT2D eigenvalue weighted by Crippen LogP contribution is -2.46. The number of amides is 2. The Kier molecular flexibility index (Phi) is 9.54. The minimum atomic E-state index is -0.173. The van der Waals surface area contributed by atoms with Crippen LogP contribution in [0.25, 0.3) is 0 Å². The normalized spacial score (nSPS) is 9.46. The second kappa shape index (κ2) is 10.5. The summed E-state index contributed by atoms with van der Waals surface area (Å²) in [6, 6.07) is 14.2. The van der Waals surface area contributed by atoms with E-state index in [9.17, 15) is 9.59 Å². The largest absolute Gasteiger partial charge is 0.399 e. The molecular weight excluding hydrogens is 375 g/mol. The van der Waals surface area contributed by atoms with E-state index in [0.717, 1.165) is 11.1 Å². The van der Waals surface area contributed by atoms with Crippen molar-refractivity contribution >= 4 is 48.0 Å². The summed E-state index contributed by atoms with van der Waals surface area (Å²) in [5.74, 6) is -0.346. The zero-order valence-corrected chi connectivity index (χ0v) is 16.3. The maximum Gasteiger partial charge on any atom is 0.245 e. The Labute approximate surface area is 165 Å². The zero-order valence-electron chi connectivity index (χ0n) is 14.7. The van der Waals surface area contributed by atoms with Crippen LogP contribution in [0.3, 0.4) is 0 Å². The van der Waals surface area contributed by atoms with Gasteiger partial charge < -0.3 is 11.5 Å². The van der Waals surface area contributed by atoms with Gasteiger partial charge in [0.15, 0.2) is 0 Å². The molecule has 2 amide bonds. The van der Waals surface area contributed by atoms with E-state index in [2.05, 4.69) is 0 Å². The molecule has 0 fully saturated rings. The molecule has 26 heavy (non-hydrogen) atoms. The van der Waals surface area contributed by atoms with Gasteiger partial charge in [-0.05, 0) is 35.4 Å². The van der Waals surface area contributed by atoms with Gasteiger partial charge in [0.25, 0.3) is 0 Å². The van der Waals surface area contributed by atoms with Gasteiger partial charge in [-0.15, -0.1) is 24.8 Å². The number of carbonyl (C=O) groups excluding carboxylic acids is 2. The van der Waals surface area contributed by atoms with E-state index >= 15 is 0 Å². The number of hydrogen-bond acceptors (Lipinski definition) is 4. The Morgan fingerprint density at radius 2 is 0.962 bits per heavy atom. The number of nitrogens with zero attached hydrogens (tertiary/aromatic N) is 2. The van der Waals surface area contributed by atoms with Crippen LogP contribution in [-0.2, 0) is 22.4 Å². The fourth-order valence-electron chi connectivity index (χ4n) is 2.18. The molecule has 0 unspecified atom stereocenters. The first-order chi connectivity index (χ1) is 11.4. The molecule has 6 nitrogen and oxygen atoms in total. The Hall–Kier alpha value is -2.44. The van der Waals surface area contributed by atoms with Crippen molar-refractivity contribution in [1.29, 1.82) is 0 Å². The first-order valence-electron chi connectivity index (χ1n) is 7.58. The van der Waals surface area contributed by atoms with Gasteiger partial charge >= 0.3 is 0 Å². The summed E-state index contributed by atoms with van der Waals surface area (Å²) < 4.78 is 0. The summed E-state index contributed by atoms with van der Waals surface area (Å²) in [4.78, 5) is 24.6. The number of carbonyl (C=O) groups is 2. The smallest absolute Gasteiger partial charge is 0.245 e. The van der Waals surface area contributed by atoms with Crippen LogP contribution in [0.1, 0.15) is 11.1 Å². The zero-order chi connectivity index (χ0) is 17.7.